The summed E-state index contributed by atoms with van der Waals surface area (Å²) < 4.78 is 6.64. The van der Waals surface area contributed by atoms with Crippen molar-refractivity contribution in [3.8, 4) is 28.5 Å². The molecule has 3 N–H and O–H groups in total. The zero-order valence-electron chi connectivity index (χ0n) is 29.6. The molecule has 0 aliphatic carbocycles. The van der Waals surface area contributed by atoms with E-state index in [-0.39, 0.29) is 31.1 Å². The number of aromatic nitrogens is 6. The highest BCUT2D eigenvalue weighted by atomic mass is 32.2. The third kappa shape index (κ3) is 7.59. The summed E-state index contributed by atoms with van der Waals surface area (Å²) in [4.78, 5) is 40.0. The van der Waals surface area contributed by atoms with Gasteiger partial charge in [-0.05, 0) is 68.3 Å². The van der Waals surface area contributed by atoms with Gasteiger partial charge >= 0.3 is 0 Å². The number of hydrogen-bond donors (Lipinski definition) is 3. The molecule has 2 aliphatic rings. The molecule has 270 valence electrons. The quantitative estimate of drug-likeness (QED) is 0.165. The van der Waals surface area contributed by atoms with Crippen molar-refractivity contribution in [2.24, 2.45) is 0 Å². The first-order chi connectivity index (χ1) is 25.2. The number of hydrogen-bond acceptors (Lipinski definition) is 10. The van der Waals surface area contributed by atoms with Crippen LogP contribution < -0.4 is 10.1 Å². The highest BCUT2D eigenvalue weighted by Gasteiger charge is 2.44. The zero-order chi connectivity index (χ0) is 36.2. The molecule has 0 spiro atoms. The molecule has 2 aliphatic heterocycles. The molecular formula is C38H43N9O4S. The number of ether oxygens (including phenoxy) is 1. The van der Waals surface area contributed by atoms with Crippen molar-refractivity contribution in [3.63, 3.8) is 0 Å². The molecule has 52 heavy (non-hydrogen) atoms. The Morgan fingerprint density at radius 1 is 1.06 bits per heavy atom. The fourth-order valence-electron chi connectivity index (χ4n) is 6.75. The predicted molar refractivity (Wildman–Crippen MR) is 203 cm³/mol. The third-order valence-corrected chi connectivity index (χ3v) is 10.9. The second-order valence-electron chi connectivity index (χ2n) is 13.4. The van der Waals surface area contributed by atoms with Crippen molar-refractivity contribution in [2.45, 2.75) is 44.1 Å². The van der Waals surface area contributed by atoms with Gasteiger partial charge in [0.1, 0.15) is 16.8 Å². The van der Waals surface area contributed by atoms with Gasteiger partial charge in [-0.3, -0.25) is 24.3 Å². The first-order valence-corrected chi connectivity index (χ1v) is 18.7. The van der Waals surface area contributed by atoms with E-state index in [1.54, 1.807) is 17.2 Å². The molecule has 0 saturated carbocycles. The maximum Gasteiger partial charge on any atom is 0.241 e. The van der Waals surface area contributed by atoms with Crippen LogP contribution in [0, 0.1) is 0 Å². The molecular weight excluding hydrogens is 679 g/mol. The normalized spacial score (nSPS) is 17.9. The number of H-pyrrole nitrogens is 1. The molecule has 1 fully saturated rings. The lowest BCUT2D eigenvalue weighted by molar-refractivity contribution is -0.132. The fourth-order valence-corrected chi connectivity index (χ4v) is 7.59. The molecule has 2 aromatic carbocycles. The van der Waals surface area contributed by atoms with Gasteiger partial charge in [0.15, 0.2) is 5.82 Å². The lowest BCUT2D eigenvalue weighted by Gasteiger charge is -2.29. The van der Waals surface area contributed by atoms with Gasteiger partial charge in [0, 0.05) is 60.6 Å². The van der Waals surface area contributed by atoms with Crippen LogP contribution in [0.5, 0.6) is 5.88 Å². The SMILES string of the molecule is CSC1(C(=O)Nc2ccc3[nH]nc(-c4ccc(OC(C)C)nc4)c3c2)CCN(CC(=O)N2CC=C(c3ccc(-c4ncn(CCO)n4)cc3)CC2)C1. The van der Waals surface area contributed by atoms with Crippen molar-refractivity contribution >= 4 is 45.7 Å². The number of nitrogens with one attached hydrogen (secondary N) is 2. The highest BCUT2D eigenvalue weighted by molar-refractivity contribution is 8.00. The summed E-state index contributed by atoms with van der Waals surface area (Å²) in [6, 6.07) is 17.6. The summed E-state index contributed by atoms with van der Waals surface area (Å²) in [7, 11) is 0. The van der Waals surface area contributed by atoms with Gasteiger partial charge in [0.05, 0.1) is 31.3 Å². The van der Waals surface area contributed by atoms with E-state index in [1.807, 2.05) is 67.5 Å². The van der Waals surface area contributed by atoms with Crippen LogP contribution in [0.25, 0.3) is 39.1 Å². The molecule has 1 unspecified atom stereocenters. The summed E-state index contributed by atoms with van der Waals surface area (Å²) in [5.41, 5.74) is 6.37. The number of pyridine rings is 1. The van der Waals surface area contributed by atoms with Crippen molar-refractivity contribution in [2.75, 3.05) is 50.9 Å². The van der Waals surface area contributed by atoms with Crippen LogP contribution in [0.1, 0.15) is 32.3 Å². The molecule has 0 radical (unpaired) electrons. The zero-order valence-corrected chi connectivity index (χ0v) is 30.4. The Labute approximate surface area is 306 Å². The molecule has 0 bridgehead atoms. The molecule has 3 aromatic heterocycles. The summed E-state index contributed by atoms with van der Waals surface area (Å²) in [5, 5.41) is 25.2. The van der Waals surface area contributed by atoms with E-state index in [9.17, 15) is 9.59 Å². The Hall–Kier alpha value is -5.05. The number of aromatic amines is 1. The molecule has 5 heterocycles. The Bertz CT molecular complexity index is 2080. The number of thioether (sulfide) groups is 1. The van der Waals surface area contributed by atoms with Crippen LogP contribution in [0.2, 0.25) is 0 Å². The summed E-state index contributed by atoms with van der Waals surface area (Å²) in [6.45, 7) is 6.99. The number of anilines is 1. The third-order valence-electron chi connectivity index (χ3n) is 9.60. The highest BCUT2D eigenvalue weighted by Crippen LogP contribution is 2.36. The van der Waals surface area contributed by atoms with E-state index in [4.69, 9.17) is 9.84 Å². The number of rotatable bonds is 12. The van der Waals surface area contributed by atoms with Gasteiger partial charge in [0.2, 0.25) is 17.7 Å². The minimum atomic E-state index is -0.668. The van der Waals surface area contributed by atoms with Gasteiger partial charge in [-0.15, -0.1) is 11.8 Å². The number of amides is 2. The van der Waals surface area contributed by atoms with Crippen LogP contribution in [-0.2, 0) is 16.1 Å². The number of benzene rings is 2. The molecule has 7 rings (SSSR count). The first-order valence-electron chi connectivity index (χ1n) is 17.5. The molecule has 13 nitrogen and oxygen atoms in total. The topological polar surface area (TPSA) is 154 Å². The number of carbonyl (C=O) groups excluding carboxylic acids is 2. The monoisotopic (exact) mass is 721 g/mol. The van der Waals surface area contributed by atoms with Crippen molar-refractivity contribution in [1.82, 2.24) is 39.7 Å². The van der Waals surface area contributed by atoms with Gasteiger partial charge < -0.3 is 20.1 Å². The lowest BCUT2D eigenvalue weighted by Crippen LogP contribution is -2.45. The van der Waals surface area contributed by atoms with Crippen molar-refractivity contribution < 1.29 is 19.4 Å². The lowest BCUT2D eigenvalue weighted by atomic mass is 9.98. The molecule has 2 amide bonds. The van der Waals surface area contributed by atoms with Crippen LogP contribution in [-0.4, -0.2) is 113 Å². The van der Waals surface area contributed by atoms with Crippen LogP contribution in [0.4, 0.5) is 5.69 Å². The molecule has 14 heteroatoms. The Morgan fingerprint density at radius 3 is 2.58 bits per heavy atom. The Morgan fingerprint density at radius 2 is 1.87 bits per heavy atom. The second-order valence-corrected chi connectivity index (χ2v) is 14.6. The average molecular weight is 722 g/mol. The fraction of sp³-hybridized carbons (Fsp3) is 0.368. The van der Waals surface area contributed by atoms with E-state index < -0.39 is 4.75 Å². The summed E-state index contributed by atoms with van der Waals surface area (Å²) in [5.74, 6) is 1.18. The second kappa shape index (κ2) is 15.3. The molecule has 5 aromatic rings. The number of fused-ring (bicyclic) bond motifs is 1. The number of aliphatic hydroxyl groups is 1. The van der Waals surface area contributed by atoms with E-state index >= 15 is 0 Å². The van der Waals surface area contributed by atoms with Crippen LogP contribution in [0.3, 0.4) is 0 Å². The number of likely N-dealkylation sites (tertiary alicyclic amines) is 1. The number of nitrogens with zero attached hydrogens (tertiary/aromatic N) is 7. The number of carbonyl (C=O) groups is 2. The van der Waals surface area contributed by atoms with Gasteiger partial charge in [-0.25, -0.2) is 9.97 Å². The standard InChI is InChI=1S/C38H43N9O4S/c1-25(2)51-33-11-8-29(21-39-33)35-31-20-30(9-10-32(31)42-43-35)41-37(50)38(52-3)14-17-45(23-38)22-34(49)46-15-12-27(13-16-46)26-4-6-28(7-5-26)36-40-24-47(44-36)18-19-48/h4-12,20-21,24-25,48H,13-19,22-23H2,1-3H3,(H,41,50)(H,42,43). The average Bonchev–Trinajstić information content (AvgIpc) is 3.91. The van der Waals surface area contributed by atoms with Crippen LogP contribution in [0.15, 0.2) is 73.2 Å². The smallest absolute Gasteiger partial charge is 0.241 e. The van der Waals surface area contributed by atoms with Gasteiger partial charge in [-0.1, -0.05) is 30.3 Å². The molecule has 1 saturated heterocycles. The summed E-state index contributed by atoms with van der Waals surface area (Å²) in [6.07, 6.45) is 8.91. The van der Waals surface area contributed by atoms with E-state index in [1.165, 1.54) is 17.3 Å². The van der Waals surface area contributed by atoms with Crippen molar-refractivity contribution in [3.05, 3.63) is 78.8 Å². The minimum Gasteiger partial charge on any atom is -0.475 e. The van der Waals surface area contributed by atoms with Crippen LogP contribution >= 0.6 is 11.8 Å². The van der Waals surface area contributed by atoms with Crippen molar-refractivity contribution in [1.29, 1.82) is 0 Å². The van der Waals surface area contributed by atoms with E-state index in [2.05, 4.69) is 53.7 Å². The van der Waals surface area contributed by atoms with E-state index in [0.29, 0.717) is 56.5 Å². The largest absolute Gasteiger partial charge is 0.475 e. The summed E-state index contributed by atoms with van der Waals surface area (Å²) >= 11 is 1.54. The number of aliphatic hydroxyl groups excluding tert-OH is 1. The maximum absolute atomic E-state index is 13.8. The minimum absolute atomic E-state index is 0.0147. The van der Waals surface area contributed by atoms with Gasteiger partial charge in [-0.2, -0.15) is 10.2 Å². The predicted octanol–water partition coefficient (Wildman–Crippen LogP) is 4.72. The maximum atomic E-state index is 13.8. The van der Waals surface area contributed by atoms with Gasteiger partial charge in [0.25, 0.3) is 0 Å². The Kier molecular flexibility index (Phi) is 10.4. The Balaban J connectivity index is 0.943. The molecule has 1 atom stereocenters. The first kappa shape index (κ1) is 35.4. The van der Waals surface area contributed by atoms with E-state index in [0.717, 1.165) is 39.7 Å².